The van der Waals surface area contributed by atoms with Crippen molar-refractivity contribution < 1.29 is 19.1 Å². The van der Waals surface area contributed by atoms with Crippen LogP contribution < -0.4 is 15.5 Å². The molecule has 0 bridgehead atoms. The van der Waals surface area contributed by atoms with Crippen molar-refractivity contribution in [2.24, 2.45) is 0 Å². The minimum absolute atomic E-state index is 0.320. The van der Waals surface area contributed by atoms with Crippen LogP contribution in [0.25, 0.3) is 11.0 Å². The maximum atomic E-state index is 11.4. The van der Waals surface area contributed by atoms with Gasteiger partial charge in [-0.15, -0.1) is 0 Å². The fraction of sp³-hybridized carbons (Fsp3) is 0.286. The number of benzene rings is 1. The van der Waals surface area contributed by atoms with Gasteiger partial charge in [-0.3, -0.25) is 0 Å². The van der Waals surface area contributed by atoms with Crippen LogP contribution in [-0.2, 0) is 11.2 Å². The van der Waals surface area contributed by atoms with Crippen molar-refractivity contribution in [1.82, 2.24) is 0 Å². The lowest BCUT2D eigenvalue weighted by molar-refractivity contribution is -0.312. The average Bonchev–Trinajstić information content (AvgIpc) is 2.37. The van der Waals surface area contributed by atoms with Crippen molar-refractivity contribution in [3.05, 3.63) is 40.2 Å². The second-order valence-electron chi connectivity index (χ2n) is 4.18. The van der Waals surface area contributed by atoms with E-state index >= 15 is 0 Å². The van der Waals surface area contributed by atoms with E-state index in [1.165, 1.54) is 19.1 Å². The summed E-state index contributed by atoms with van der Waals surface area (Å²) in [7, 11) is 0. The molecule has 0 unspecified atom stereocenters. The molecule has 0 aliphatic heterocycles. The molecule has 0 aliphatic rings. The predicted molar refractivity (Wildman–Crippen MR) is 67.0 cm³/mol. The molecule has 0 fully saturated rings. The smallest absolute Gasteiger partial charge is 0.336 e. The van der Waals surface area contributed by atoms with Crippen LogP contribution in [0.5, 0.6) is 5.75 Å². The molecule has 0 amide bonds. The van der Waals surface area contributed by atoms with Crippen LogP contribution in [0, 0.1) is 0 Å². The van der Waals surface area contributed by atoms with E-state index in [1.807, 2.05) is 6.92 Å². The van der Waals surface area contributed by atoms with Gasteiger partial charge in [-0.05, 0) is 31.0 Å². The van der Waals surface area contributed by atoms with Gasteiger partial charge in [0.1, 0.15) is 17.4 Å². The second-order valence-corrected chi connectivity index (χ2v) is 4.18. The summed E-state index contributed by atoms with van der Waals surface area (Å²) in [6.07, 6.45) is -0.365. The van der Waals surface area contributed by atoms with Crippen LogP contribution >= 0.6 is 0 Å². The molecule has 2 aromatic rings. The lowest BCUT2D eigenvalue weighted by Crippen LogP contribution is -2.37. The first kappa shape index (κ1) is 13.1. The molecule has 1 atom stereocenters. The highest BCUT2D eigenvalue weighted by molar-refractivity contribution is 5.81. The molecule has 0 saturated carbocycles. The number of rotatable bonds is 4. The molecular formula is C14H13O5-. The SMILES string of the molecule is CCc1cc(=O)oc2cc(O[C@H](C)C(=O)[O-])ccc12. The highest BCUT2D eigenvalue weighted by Crippen LogP contribution is 2.23. The Hall–Kier alpha value is -2.30. The Labute approximate surface area is 109 Å². The molecule has 1 aromatic carbocycles. The number of hydrogen-bond acceptors (Lipinski definition) is 5. The van der Waals surface area contributed by atoms with Crippen LogP contribution in [0.4, 0.5) is 0 Å². The van der Waals surface area contributed by atoms with Gasteiger partial charge in [0.15, 0.2) is 0 Å². The topological polar surface area (TPSA) is 79.6 Å². The molecule has 19 heavy (non-hydrogen) atoms. The number of aryl methyl sites for hydroxylation is 1. The third-order valence-electron chi connectivity index (χ3n) is 2.83. The molecule has 0 N–H and O–H groups in total. The molecule has 0 radical (unpaired) electrons. The maximum Gasteiger partial charge on any atom is 0.336 e. The number of carboxylic acids is 1. The lowest BCUT2D eigenvalue weighted by atomic mass is 10.1. The van der Waals surface area contributed by atoms with Crippen LogP contribution in [0.1, 0.15) is 19.4 Å². The minimum atomic E-state index is -1.30. The van der Waals surface area contributed by atoms with Crippen LogP contribution in [-0.4, -0.2) is 12.1 Å². The van der Waals surface area contributed by atoms with Crippen LogP contribution in [0.3, 0.4) is 0 Å². The molecule has 5 heteroatoms. The molecule has 1 heterocycles. The summed E-state index contributed by atoms with van der Waals surface area (Å²) in [6, 6.07) is 6.34. The van der Waals surface area contributed by atoms with Crippen molar-refractivity contribution in [3.63, 3.8) is 0 Å². The summed E-state index contributed by atoms with van der Waals surface area (Å²) in [5.41, 5.74) is 0.826. The van der Waals surface area contributed by atoms with Gasteiger partial charge in [-0.2, -0.15) is 0 Å². The summed E-state index contributed by atoms with van der Waals surface area (Å²) < 4.78 is 10.3. The summed E-state index contributed by atoms with van der Waals surface area (Å²) in [6.45, 7) is 3.31. The monoisotopic (exact) mass is 261 g/mol. The van der Waals surface area contributed by atoms with Crippen molar-refractivity contribution in [2.75, 3.05) is 0 Å². The zero-order chi connectivity index (χ0) is 14.0. The van der Waals surface area contributed by atoms with Gasteiger partial charge < -0.3 is 19.1 Å². The molecular weight excluding hydrogens is 248 g/mol. The Morgan fingerprint density at radius 3 is 2.79 bits per heavy atom. The minimum Gasteiger partial charge on any atom is -0.546 e. The first-order valence-electron chi connectivity index (χ1n) is 5.95. The Morgan fingerprint density at radius 1 is 1.42 bits per heavy atom. The van der Waals surface area contributed by atoms with E-state index < -0.39 is 17.7 Å². The summed E-state index contributed by atoms with van der Waals surface area (Å²) in [4.78, 5) is 22.0. The number of carboxylic acid groups (broad SMARTS) is 1. The van der Waals surface area contributed by atoms with E-state index in [0.717, 1.165) is 10.9 Å². The average molecular weight is 261 g/mol. The molecule has 0 aliphatic carbocycles. The summed E-state index contributed by atoms with van der Waals surface area (Å²) >= 11 is 0. The van der Waals surface area contributed by atoms with E-state index in [0.29, 0.717) is 17.8 Å². The summed E-state index contributed by atoms with van der Waals surface area (Å²) in [5, 5.41) is 11.4. The molecule has 0 saturated heterocycles. The Morgan fingerprint density at radius 2 is 2.16 bits per heavy atom. The van der Waals surface area contributed by atoms with Crippen molar-refractivity contribution in [2.45, 2.75) is 26.4 Å². The van der Waals surface area contributed by atoms with Gasteiger partial charge in [-0.1, -0.05) is 6.92 Å². The largest absolute Gasteiger partial charge is 0.546 e. The molecule has 2 rings (SSSR count). The van der Waals surface area contributed by atoms with E-state index in [9.17, 15) is 14.7 Å². The summed E-state index contributed by atoms with van der Waals surface area (Å²) in [5.74, 6) is -0.982. The Balaban J connectivity index is 2.46. The van der Waals surface area contributed by atoms with E-state index in [1.54, 1.807) is 12.1 Å². The maximum absolute atomic E-state index is 11.4. The van der Waals surface area contributed by atoms with Crippen molar-refractivity contribution in [1.29, 1.82) is 0 Å². The van der Waals surface area contributed by atoms with Gasteiger partial charge in [0, 0.05) is 17.5 Å². The number of hydrogen-bond donors (Lipinski definition) is 0. The van der Waals surface area contributed by atoms with Gasteiger partial charge in [0.25, 0.3) is 0 Å². The zero-order valence-corrected chi connectivity index (χ0v) is 10.6. The normalized spacial score (nSPS) is 12.3. The highest BCUT2D eigenvalue weighted by Gasteiger charge is 2.08. The fourth-order valence-corrected chi connectivity index (χ4v) is 1.83. The standard InChI is InChI=1S/C14H14O5/c1-3-9-6-13(15)19-12-7-10(4-5-11(9)12)18-8(2)14(16)17/h4-8H,3H2,1-2H3,(H,16,17)/p-1/t8-/m1/s1. The Bertz CT molecular complexity index is 671. The van der Waals surface area contributed by atoms with E-state index in [-0.39, 0.29) is 0 Å². The van der Waals surface area contributed by atoms with Crippen LogP contribution in [0.2, 0.25) is 0 Å². The fourth-order valence-electron chi connectivity index (χ4n) is 1.83. The number of carbonyl (C=O) groups excluding carboxylic acids is 1. The highest BCUT2D eigenvalue weighted by atomic mass is 16.5. The molecule has 100 valence electrons. The lowest BCUT2D eigenvalue weighted by Gasteiger charge is -2.15. The molecule has 0 spiro atoms. The third-order valence-corrected chi connectivity index (χ3v) is 2.83. The predicted octanol–water partition coefficient (Wildman–Crippen LogP) is 0.873. The number of carbonyl (C=O) groups is 1. The molecule has 1 aromatic heterocycles. The molecule has 5 nitrogen and oxygen atoms in total. The van der Waals surface area contributed by atoms with Gasteiger partial charge in [0.2, 0.25) is 0 Å². The number of ether oxygens (including phenoxy) is 1. The van der Waals surface area contributed by atoms with Gasteiger partial charge in [-0.25, -0.2) is 4.79 Å². The number of fused-ring (bicyclic) bond motifs is 1. The zero-order valence-electron chi connectivity index (χ0n) is 10.6. The third kappa shape index (κ3) is 2.76. The van der Waals surface area contributed by atoms with E-state index in [4.69, 9.17) is 9.15 Å². The van der Waals surface area contributed by atoms with Gasteiger partial charge in [0.05, 0.1) is 5.97 Å². The van der Waals surface area contributed by atoms with Crippen molar-refractivity contribution in [3.8, 4) is 5.75 Å². The first-order chi connectivity index (χ1) is 9.01. The Kier molecular flexibility index (Phi) is 3.55. The van der Waals surface area contributed by atoms with Crippen LogP contribution in [0.15, 0.2) is 33.5 Å². The number of aliphatic carboxylic acids is 1. The first-order valence-corrected chi connectivity index (χ1v) is 5.95. The quantitative estimate of drug-likeness (QED) is 0.763. The van der Waals surface area contributed by atoms with E-state index in [2.05, 4.69) is 0 Å². The second kappa shape index (κ2) is 5.14. The van der Waals surface area contributed by atoms with Crippen molar-refractivity contribution >= 4 is 16.9 Å². The van der Waals surface area contributed by atoms with Gasteiger partial charge >= 0.3 is 5.63 Å².